The van der Waals surface area contributed by atoms with Gasteiger partial charge < -0.3 is 14.5 Å². The third kappa shape index (κ3) is 6.50. The maximum Gasteiger partial charge on any atom is 0.365 e. The number of carbonyl (C=O) groups is 1. The van der Waals surface area contributed by atoms with E-state index in [4.69, 9.17) is 9.57 Å². The van der Waals surface area contributed by atoms with Crippen LogP contribution < -0.4 is 9.74 Å². The van der Waals surface area contributed by atoms with Crippen LogP contribution in [0.4, 0.5) is 5.69 Å². The summed E-state index contributed by atoms with van der Waals surface area (Å²) in [5, 5.41) is 18.4. The highest BCUT2D eigenvalue weighted by Gasteiger charge is 2.20. The molecule has 6 rings (SSSR count). The number of hydrogen-bond acceptors (Lipinski definition) is 9. The van der Waals surface area contributed by atoms with Crippen molar-refractivity contribution in [3.8, 4) is 21.1 Å². The number of hydrogen-bond donors (Lipinski definition) is 0. The third-order valence-corrected chi connectivity index (χ3v) is 8.51. The second-order valence-corrected chi connectivity index (χ2v) is 11.9. The molecule has 1 aliphatic rings. The lowest BCUT2D eigenvalue weighted by Gasteiger charge is -2.33. The van der Waals surface area contributed by atoms with Gasteiger partial charge in [-0.15, -0.1) is 15.3 Å². The van der Waals surface area contributed by atoms with Crippen LogP contribution in [0.3, 0.4) is 0 Å². The van der Waals surface area contributed by atoms with Gasteiger partial charge in [0.15, 0.2) is 0 Å². The van der Waals surface area contributed by atoms with Crippen LogP contribution in [-0.2, 0) is 4.74 Å². The maximum atomic E-state index is 12.7. The summed E-state index contributed by atoms with van der Waals surface area (Å²) in [5.74, 6) is 0.219. The summed E-state index contributed by atoms with van der Waals surface area (Å²) in [6.07, 6.45) is 4.89. The molecule has 0 unspecified atom stereocenters. The Labute approximate surface area is 249 Å². The first kappa shape index (κ1) is 28.0. The SMILES string of the molecule is CC(C)CCCOC1CCN(c2ccc(-c3nnc(-c4ccc(C(=O)On5nnc6ccccc65)cc4)s3)cc2)CC1. The van der Waals surface area contributed by atoms with E-state index in [1.807, 2.05) is 30.3 Å². The van der Waals surface area contributed by atoms with Crippen molar-refractivity contribution < 1.29 is 14.4 Å². The van der Waals surface area contributed by atoms with Crippen LogP contribution in [0.25, 0.3) is 32.2 Å². The lowest BCUT2D eigenvalue weighted by Crippen LogP contribution is -2.37. The van der Waals surface area contributed by atoms with Gasteiger partial charge in [-0.3, -0.25) is 0 Å². The smallest absolute Gasteiger partial charge is 0.365 e. The molecule has 0 aliphatic carbocycles. The molecule has 1 saturated heterocycles. The molecule has 0 bridgehead atoms. The molecule has 5 aromatic rings. The Kier molecular flexibility index (Phi) is 8.52. The molecule has 1 aliphatic heterocycles. The lowest BCUT2D eigenvalue weighted by molar-refractivity contribution is 0.0337. The molecule has 1 fully saturated rings. The molecule has 2 aromatic heterocycles. The highest BCUT2D eigenvalue weighted by atomic mass is 32.1. The Balaban J connectivity index is 1.03. The zero-order chi connectivity index (χ0) is 28.9. The van der Waals surface area contributed by atoms with Crippen molar-refractivity contribution in [2.45, 2.75) is 45.6 Å². The van der Waals surface area contributed by atoms with Crippen molar-refractivity contribution in [2.24, 2.45) is 5.92 Å². The fourth-order valence-electron chi connectivity index (χ4n) is 5.09. The van der Waals surface area contributed by atoms with E-state index in [0.717, 1.165) is 70.9 Å². The van der Waals surface area contributed by atoms with Gasteiger partial charge in [0.25, 0.3) is 0 Å². The average Bonchev–Trinajstić information content (AvgIpc) is 3.68. The van der Waals surface area contributed by atoms with Gasteiger partial charge in [-0.1, -0.05) is 54.3 Å². The fourth-order valence-corrected chi connectivity index (χ4v) is 5.94. The molecule has 0 saturated carbocycles. The molecular formula is C32H34N6O3S. The van der Waals surface area contributed by atoms with Gasteiger partial charge in [-0.25, -0.2) is 4.79 Å². The van der Waals surface area contributed by atoms with Gasteiger partial charge >= 0.3 is 5.97 Å². The average molecular weight is 583 g/mol. The predicted molar refractivity (Wildman–Crippen MR) is 164 cm³/mol. The first-order valence-electron chi connectivity index (χ1n) is 14.5. The molecule has 0 radical (unpaired) electrons. The number of anilines is 1. The zero-order valence-corrected chi connectivity index (χ0v) is 24.7. The zero-order valence-electron chi connectivity index (χ0n) is 23.8. The van der Waals surface area contributed by atoms with E-state index in [9.17, 15) is 4.79 Å². The highest BCUT2D eigenvalue weighted by molar-refractivity contribution is 7.17. The van der Waals surface area contributed by atoms with Gasteiger partial charge in [0.1, 0.15) is 21.0 Å². The summed E-state index contributed by atoms with van der Waals surface area (Å²) in [5.41, 5.74) is 4.82. The number of nitrogens with zero attached hydrogens (tertiary/aromatic N) is 6. The summed E-state index contributed by atoms with van der Waals surface area (Å²) >= 11 is 1.52. The number of piperidine rings is 1. The Hall–Kier alpha value is -4.15. The van der Waals surface area contributed by atoms with Gasteiger partial charge in [0.05, 0.1) is 11.7 Å². The standard InChI is InChI=1S/C32H34N6O3S/c1-22(2)6-5-21-40-27-17-19-37(20-18-27)26-15-13-24(14-16-26)31-35-34-30(42-31)23-9-11-25(12-10-23)32(39)41-38-29-8-4-3-7-28(29)33-36-38/h3-4,7-16,22,27H,5-6,17-21H2,1-2H3. The molecule has 0 N–H and O–H groups in total. The molecule has 10 heteroatoms. The van der Waals surface area contributed by atoms with E-state index >= 15 is 0 Å². The predicted octanol–water partition coefficient (Wildman–Crippen LogP) is 6.31. The summed E-state index contributed by atoms with van der Waals surface area (Å²) < 4.78 is 6.12. The van der Waals surface area contributed by atoms with Crippen molar-refractivity contribution in [3.63, 3.8) is 0 Å². The molecule has 3 aromatic carbocycles. The number of carbonyl (C=O) groups excluding carboxylic acids is 1. The number of benzene rings is 3. The summed E-state index contributed by atoms with van der Waals surface area (Å²) in [7, 11) is 0. The largest absolute Gasteiger partial charge is 0.378 e. The van der Waals surface area contributed by atoms with Crippen molar-refractivity contribution >= 4 is 34.0 Å². The van der Waals surface area contributed by atoms with E-state index in [1.165, 1.54) is 23.4 Å². The topological polar surface area (TPSA) is 95.3 Å². The fraction of sp³-hybridized carbons (Fsp3) is 0.344. The monoisotopic (exact) mass is 582 g/mol. The van der Waals surface area contributed by atoms with Gasteiger partial charge in [-0.05, 0) is 85.3 Å². The minimum absolute atomic E-state index is 0.376. The number of rotatable bonds is 10. The second-order valence-electron chi connectivity index (χ2n) is 11.0. The Morgan fingerprint density at radius 1 is 0.905 bits per heavy atom. The Morgan fingerprint density at radius 3 is 2.26 bits per heavy atom. The third-order valence-electron chi connectivity index (χ3n) is 7.48. The van der Waals surface area contributed by atoms with E-state index in [1.54, 1.807) is 18.2 Å². The summed E-state index contributed by atoms with van der Waals surface area (Å²) in [6, 6.07) is 23.0. The number of para-hydroxylation sites is 1. The molecule has 9 nitrogen and oxygen atoms in total. The lowest BCUT2D eigenvalue weighted by atomic mass is 10.1. The first-order valence-corrected chi connectivity index (χ1v) is 15.3. The van der Waals surface area contributed by atoms with Crippen LogP contribution in [0.15, 0.2) is 72.8 Å². The molecule has 0 spiro atoms. The van der Waals surface area contributed by atoms with Crippen molar-refractivity contribution in [1.29, 1.82) is 0 Å². The molecule has 216 valence electrons. The van der Waals surface area contributed by atoms with Gasteiger partial charge in [0, 0.05) is 36.5 Å². The van der Waals surface area contributed by atoms with Gasteiger partial charge in [-0.2, -0.15) is 0 Å². The van der Waals surface area contributed by atoms with E-state index in [0.29, 0.717) is 22.7 Å². The number of ether oxygens (including phenoxy) is 1. The van der Waals surface area contributed by atoms with E-state index < -0.39 is 5.97 Å². The van der Waals surface area contributed by atoms with Crippen molar-refractivity contribution in [2.75, 3.05) is 24.6 Å². The van der Waals surface area contributed by atoms with E-state index in [2.05, 4.69) is 63.5 Å². The van der Waals surface area contributed by atoms with Crippen molar-refractivity contribution in [1.82, 2.24) is 25.4 Å². The summed E-state index contributed by atoms with van der Waals surface area (Å²) in [6.45, 7) is 7.42. The second kappa shape index (κ2) is 12.8. The highest BCUT2D eigenvalue weighted by Crippen LogP contribution is 2.32. The van der Waals surface area contributed by atoms with Gasteiger partial charge in [0.2, 0.25) is 0 Å². The van der Waals surface area contributed by atoms with Crippen molar-refractivity contribution in [3.05, 3.63) is 78.4 Å². The molecule has 0 atom stereocenters. The maximum absolute atomic E-state index is 12.7. The van der Waals surface area contributed by atoms with Crippen LogP contribution in [-0.4, -0.2) is 57.1 Å². The normalized spacial score (nSPS) is 14.1. The molecular weight excluding hydrogens is 548 g/mol. The van der Waals surface area contributed by atoms with Crippen LogP contribution in [0, 0.1) is 5.92 Å². The molecule has 3 heterocycles. The minimum Gasteiger partial charge on any atom is -0.378 e. The number of aromatic nitrogens is 5. The van der Waals surface area contributed by atoms with Crippen LogP contribution in [0.2, 0.25) is 0 Å². The summed E-state index contributed by atoms with van der Waals surface area (Å²) in [4.78, 5) is 21.7. The first-order chi connectivity index (χ1) is 20.5. The molecule has 0 amide bonds. The van der Waals surface area contributed by atoms with E-state index in [-0.39, 0.29) is 0 Å². The quantitative estimate of drug-likeness (QED) is 0.140. The number of fused-ring (bicyclic) bond motifs is 1. The van der Waals surface area contributed by atoms with Crippen LogP contribution in [0.1, 0.15) is 49.9 Å². The van der Waals surface area contributed by atoms with Crippen LogP contribution in [0.5, 0.6) is 0 Å². The van der Waals surface area contributed by atoms with Crippen LogP contribution >= 0.6 is 11.3 Å². The Bertz CT molecular complexity index is 1620. The Morgan fingerprint density at radius 2 is 1.57 bits per heavy atom. The minimum atomic E-state index is -0.520. The molecule has 42 heavy (non-hydrogen) atoms.